The smallest absolute Gasteiger partial charge is 0.408 e. The van der Waals surface area contributed by atoms with Gasteiger partial charge in [-0.3, -0.25) is 19.3 Å². The van der Waals surface area contributed by atoms with E-state index < -0.39 is 41.5 Å². The summed E-state index contributed by atoms with van der Waals surface area (Å²) in [5, 5.41) is 15.4. The molecule has 0 aromatic heterocycles. The molecule has 2 atom stereocenters. The Morgan fingerprint density at radius 3 is 2.21 bits per heavy atom. The zero-order chi connectivity index (χ0) is 29.5. The van der Waals surface area contributed by atoms with E-state index in [2.05, 4.69) is 16.7 Å². The van der Waals surface area contributed by atoms with E-state index in [9.17, 15) is 24.3 Å². The van der Waals surface area contributed by atoms with Gasteiger partial charge in [0, 0.05) is 18.2 Å². The van der Waals surface area contributed by atoms with Crippen LogP contribution < -0.4 is 16.4 Å². The minimum Gasteiger partial charge on any atom is -0.508 e. The molecule has 0 heterocycles. The van der Waals surface area contributed by atoms with Crippen molar-refractivity contribution >= 4 is 29.5 Å². The molecule has 2 rings (SSSR count). The van der Waals surface area contributed by atoms with Crippen LogP contribution in [0.25, 0.3) is 0 Å². The number of alkyl carbamates (subject to hydrolysis) is 1. The highest BCUT2D eigenvalue weighted by atomic mass is 16.6. The molecule has 2 unspecified atom stereocenters. The van der Waals surface area contributed by atoms with Gasteiger partial charge in [-0.15, -0.1) is 0 Å². The third kappa shape index (κ3) is 8.50. The van der Waals surface area contributed by atoms with Crippen LogP contribution in [-0.2, 0) is 19.1 Å². The summed E-state index contributed by atoms with van der Waals surface area (Å²) >= 11 is 0. The molecule has 208 valence electrons. The number of ether oxygens (including phenoxy) is 1. The maximum absolute atomic E-state index is 13.8. The second-order valence-electron chi connectivity index (χ2n) is 10.2. The van der Waals surface area contributed by atoms with Gasteiger partial charge in [0.15, 0.2) is 0 Å². The number of amides is 4. The number of nitrogens with zero attached hydrogens (tertiary/aromatic N) is 1. The maximum Gasteiger partial charge on any atom is 0.408 e. The van der Waals surface area contributed by atoms with Crippen LogP contribution in [-0.4, -0.2) is 45.5 Å². The molecule has 0 radical (unpaired) electrons. The number of hydrogen-bond acceptors (Lipinski definition) is 6. The van der Waals surface area contributed by atoms with Crippen molar-refractivity contribution in [2.24, 2.45) is 5.73 Å². The van der Waals surface area contributed by atoms with Crippen molar-refractivity contribution in [3.05, 3.63) is 58.7 Å². The predicted molar refractivity (Wildman–Crippen MR) is 147 cm³/mol. The Kier molecular flexibility index (Phi) is 10.1. The first kappa shape index (κ1) is 30.7. The lowest BCUT2D eigenvalue weighted by atomic mass is 9.99. The normalized spacial score (nSPS) is 12.4. The van der Waals surface area contributed by atoms with Crippen LogP contribution in [0.4, 0.5) is 10.5 Å². The van der Waals surface area contributed by atoms with Gasteiger partial charge < -0.3 is 26.2 Å². The fourth-order valence-corrected chi connectivity index (χ4v) is 3.90. The van der Waals surface area contributed by atoms with E-state index in [-0.39, 0.29) is 18.6 Å². The minimum atomic E-state index is -1.35. The van der Waals surface area contributed by atoms with Crippen LogP contribution in [0, 0.1) is 33.2 Å². The molecule has 0 saturated carbocycles. The molecule has 0 spiro atoms. The largest absolute Gasteiger partial charge is 0.508 e. The molecular weight excluding hydrogens is 500 g/mol. The van der Waals surface area contributed by atoms with Crippen molar-refractivity contribution < 1.29 is 29.0 Å². The van der Waals surface area contributed by atoms with Gasteiger partial charge in [0.25, 0.3) is 11.8 Å². The first-order valence-corrected chi connectivity index (χ1v) is 12.4. The molecule has 0 saturated heterocycles. The number of rotatable bonds is 9. The average molecular weight is 537 g/mol. The maximum atomic E-state index is 13.8. The molecule has 0 bridgehead atoms. The lowest BCUT2D eigenvalue weighted by molar-refractivity contribution is -0.137. The SMILES string of the molecule is C#CN(C(=O)C(CCC(N)=O)NC(=O)OC(C)(C)C)C(C(=O)Nc1c(C)cccc1C)c1ccc(O)c(C)c1. The number of para-hydroxylation sites is 1. The summed E-state index contributed by atoms with van der Waals surface area (Å²) in [4.78, 5) is 52.4. The molecule has 0 aliphatic rings. The fourth-order valence-electron chi connectivity index (χ4n) is 3.90. The Labute approximate surface area is 228 Å². The number of carbonyl (C=O) groups is 4. The van der Waals surface area contributed by atoms with Gasteiger partial charge >= 0.3 is 6.09 Å². The van der Waals surface area contributed by atoms with E-state index in [1.54, 1.807) is 33.8 Å². The predicted octanol–water partition coefficient (Wildman–Crippen LogP) is 3.58. The van der Waals surface area contributed by atoms with Crippen LogP contribution in [0.2, 0.25) is 0 Å². The topological polar surface area (TPSA) is 151 Å². The summed E-state index contributed by atoms with van der Waals surface area (Å²) in [5.74, 6) is -2.13. The van der Waals surface area contributed by atoms with E-state index in [0.717, 1.165) is 16.0 Å². The first-order chi connectivity index (χ1) is 18.1. The second-order valence-corrected chi connectivity index (χ2v) is 10.2. The van der Waals surface area contributed by atoms with Gasteiger partial charge in [-0.25, -0.2) is 4.79 Å². The fraction of sp³-hybridized carbons (Fsp3) is 0.379. The molecule has 2 aromatic rings. The van der Waals surface area contributed by atoms with Crippen LogP contribution >= 0.6 is 0 Å². The number of terminal acetylenes is 1. The van der Waals surface area contributed by atoms with Crippen LogP contribution in [0.3, 0.4) is 0 Å². The van der Waals surface area contributed by atoms with Gasteiger partial charge in [0.1, 0.15) is 23.4 Å². The van der Waals surface area contributed by atoms with Crippen LogP contribution in [0.1, 0.15) is 61.9 Å². The minimum absolute atomic E-state index is 0.00262. The summed E-state index contributed by atoms with van der Waals surface area (Å²) < 4.78 is 5.27. The van der Waals surface area contributed by atoms with Gasteiger partial charge in [-0.2, -0.15) is 0 Å². The van der Waals surface area contributed by atoms with Gasteiger partial charge in [0.2, 0.25) is 5.91 Å². The monoisotopic (exact) mass is 536 g/mol. The quantitative estimate of drug-likeness (QED) is 0.284. The molecular formula is C29H36N4O6. The number of nitrogens with two attached hydrogens (primary N) is 1. The van der Waals surface area contributed by atoms with Crippen LogP contribution in [0.15, 0.2) is 36.4 Å². The number of hydrogen-bond donors (Lipinski definition) is 4. The zero-order valence-corrected chi connectivity index (χ0v) is 23.1. The number of primary amides is 1. The number of aryl methyl sites for hydroxylation is 3. The lowest BCUT2D eigenvalue weighted by Crippen LogP contribution is -2.51. The Hall–Kier alpha value is -4.52. The Bertz CT molecular complexity index is 1270. The molecule has 39 heavy (non-hydrogen) atoms. The summed E-state index contributed by atoms with van der Waals surface area (Å²) in [6.45, 7) is 10.3. The number of nitrogens with one attached hydrogen (secondary N) is 2. The highest BCUT2D eigenvalue weighted by molar-refractivity contribution is 6.00. The van der Waals surface area contributed by atoms with Crippen molar-refractivity contribution in [3.8, 4) is 18.2 Å². The molecule has 0 fully saturated rings. The summed E-state index contributed by atoms with van der Waals surface area (Å²) in [6, 6.07) is 9.53. The number of phenolic OH excluding ortho intramolecular Hbond substituents is 1. The van der Waals surface area contributed by atoms with E-state index in [1.165, 1.54) is 12.1 Å². The number of aromatic hydroxyl groups is 1. The second kappa shape index (κ2) is 12.8. The molecule has 4 amide bonds. The van der Waals surface area contributed by atoms with E-state index in [0.29, 0.717) is 16.8 Å². The van der Waals surface area contributed by atoms with Crippen molar-refractivity contribution in [2.75, 3.05) is 5.32 Å². The van der Waals surface area contributed by atoms with Crippen molar-refractivity contribution in [2.45, 2.75) is 72.1 Å². The number of anilines is 1. The first-order valence-electron chi connectivity index (χ1n) is 12.4. The molecule has 0 aliphatic carbocycles. The molecule has 2 aromatic carbocycles. The highest BCUT2D eigenvalue weighted by Gasteiger charge is 2.36. The molecule has 5 N–H and O–H groups in total. The van der Waals surface area contributed by atoms with E-state index in [1.807, 2.05) is 32.0 Å². The Morgan fingerprint density at radius 2 is 1.69 bits per heavy atom. The molecule has 10 nitrogen and oxygen atoms in total. The van der Waals surface area contributed by atoms with Gasteiger partial charge in [-0.05, 0) is 82.3 Å². The summed E-state index contributed by atoms with van der Waals surface area (Å²) in [6.07, 6.45) is 4.47. The van der Waals surface area contributed by atoms with Crippen molar-refractivity contribution in [1.29, 1.82) is 0 Å². The molecule has 0 aliphatic heterocycles. The van der Waals surface area contributed by atoms with E-state index in [4.69, 9.17) is 16.9 Å². The van der Waals surface area contributed by atoms with Crippen LogP contribution in [0.5, 0.6) is 5.75 Å². The molecule has 10 heteroatoms. The average Bonchev–Trinajstić information content (AvgIpc) is 2.82. The number of benzene rings is 2. The summed E-state index contributed by atoms with van der Waals surface area (Å²) in [5.41, 5.74) is 7.38. The number of phenols is 1. The third-order valence-electron chi connectivity index (χ3n) is 5.82. The third-order valence-corrected chi connectivity index (χ3v) is 5.82. The lowest BCUT2D eigenvalue weighted by Gasteiger charge is -2.31. The Balaban J connectivity index is 2.55. The zero-order valence-electron chi connectivity index (χ0n) is 23.1. The Morgan fingerprint density at radius 1 is 1.08 bits per heavy atom. The van der Waals surface area contributed by atoms with Crippen molar-refractivity contribution in [1.82, 2.24) is 10.2 Å². The summed E-state index contributed by atoms with van der Waals surface area (Å²) in [7, 11) is 0. The van der Waals surface area contributed by atoms with Gasteiger partial charge in [-0.1, -0.05) is 30.7 Å². The highest BCUT2D eigenvalue weighted by Crippen LogP contribution is 2.29. The van der Waals surface area contributed by atoms with E-state index >= 15 is 0 Å². The standard InChI is InChI=1S/C29H36N4O6/c1-8-33(27(37)21(13-15-23(30)35)31-28(38)39-29(5,6)7)25(20-12-14-22(34)19(4)16-20)26(36)32-24-17(2)10-9-11-18(24)3/h1,9-12,14,16,21,25,34H,13,15H2,2-7H3,(H2,30,35)(H,31,38)(H,32,36). The van der Waals surface area contributed by atoms with Crippen molar-refractivity contribution in [3.63, 3.8) is 0 Å². The van der Waals surface area contributed by atoms with Gasteiger partial charge in [0.05, 0.1) is 0 Å². The number of carbonyl (C=O) groups excluding carboxylic acids is 4.